The molecule has 1 aromatic carbocycles. The van der Waals surface area contributed by atoms with Gasteiger partial charge in [-0.25, -0.2) is 4.98 Å². The number of hydrogen-bond donors (Lipinski definition) is 2. The standard InChI is InChI=1S/C16H22ClN3OS/c1-15(2,3)16(21,10-20-14(22)18-11-19-20)9-8-12-4-6-13(17)7-5-12/h4-7,11,21H,8-10H2,1-3H3,(H,18,19,22). The van der Waals surface area contributed by atoms with Crippen LogP contribution in [0.3, 0.4) is 0 Å². The van der Waals surface area contributed by atoms with Gasteiger partial charge in [0, 0.05) is 5.02 Å². The molecule has 0 aliphatic rings. The van der Waals surface area contributed by atoms with Gasteiger partial charge in [-0.1, -0.05) is 44.5 Å². The number of aromatic amines is 1. The fraction of sp³-hybridized carbons (Fsp3) is 0.500. The maximum Gasteiger partial charge on any atom is 0.215 e. The first-order valence-electron chi connectivity index (χ1n) is 7.28. The quantitative estimate of drug-likeness (QED) is 0.809. The van der Waals surface area contributed by atoms with Crippen LogP contribution in [-0.4, -0.2) is 25.5 Å². The molecular weight excluding hydrogens is 318 g/mol. The molecule has 2 rings (SSSR count). The van der Waals surface area contributed by atoms with Gasteiger partial charge in [-0.3, -0.25) is 9.78 Å². The van der Waals surface area contributed by atoms with Crippen molar-refractivity contribution in [2.24, 2.45) is 5.41 Å². The van der Waals surface area contributed by atoms with E-state index in [1.807, 2.05) is 45.0 Å². The van der Waals surface area contributed by atoms with Gasteiger partial charge in [-0.05, 0) is 48.2 Å². The number of aliphatic hydroxyl groups is 1. The highest BCUT2D eigenvalue weighted by Gasteiger charge is 2.40. The van der Waals surface area contributed by atoms with Gasteiger partial charge in [0.15, 0.2) is 0 Å². The molecule has 120 valence electrons. The van der Waals surface area contributed by atoms with Gasteiger partial charge >= 0.3 is 0 Å². The molecule has 0 amide bonds. The average Bonchev–Trinajstić information content (AvgIpc) is 2.82. The van der Waals surface area contributed by atoms with E-state index in [4.69, 9.17) is 23.8 Å². The maximum atomic E-state index is 11.2. The van der Waals surface area contributed by atoms with Crippen molar-refractivity contribution in [2.75, 3.05) is 0 Å². The maximum absolute atomic E-state index is 11.2. The van der Waals surface area contributed by atoms with E-state index in [2.05, 4.69) is 10.1 Å². The molecule has 0 radical (unpaired) electrons. The predicted molar refractivity (Wildman–Crippen MR) is 91.6 cm³/mol. The van der Waals surface area contributed by atoms with Gasteiger partial charge in [-0.15, -0.1) is 0 Å². The molecule has 2 N–H and O–H groups in total. The highest BCUT2D eigenvalue weighted by molar-refractivity contribution is 7.71. The normalized spacial score (nSPS) is 14.8. The van der Waals surface area contributed by atoms with Crippen LogP contribution < -0.4 is 0 Å². The van der Waals surface area contributed by atoms with Crippen LogP contribution in [0.4, 0.5) is 0 Å². The molecule has 0 saturated heterocycles. The third-order valence-corrected chi connectivity index (χ3v) is 4.75. The third-order valence-electron chi connectivity index (χ3n) is 4.18. The van der Waals surface area contributed by atoms with Crippen molar-refractivity contribution < 1.29 is 5.11 Å². The molecular formula is C16H22ClN3OS. The van der Waals surface area contributed by atoms with E-state index in [0.717, 1.165) is 17.0 Å². The lowest BCUT2D eigenvalue weighted by atomic mass is 9.73. The second-order valence-electron chi connectivity index (χ2n) is 6.66. The first kappa shape index (κ1) is 17.2. The molecule has 1 unspecified atom stereocenters. The van der Waals surface area contributed by atoms with Crippen LogP contribution in [0.2, 0.25) is 5.02 Å². The molecule has 4 nitrogen and oxygen atoms in total. The van der Waals surface area contributed by atoms with Gasteiger partial charge in [0.2, 0.25) is 4.77 Å². The number of aryl methyl sites for hydroxylation is 1. The summed E-state index contributed by atoms with van der Waals surface area (Å²) in [5.41, 5.74) is -0.0447. The van der Waals surface area contributed by atoms with Gasteiger partial charge in [0.05, 0.1) is 12.1 Å². The zero-order valence-corrected chi connectivity index (χ0v) is 14.7. The summed E-state index contributed by atoms with van der Waals surface area (Å²) in [5, 5.41) is 14.9. The number of H-pyrrole nitrogens is 1. The van der Waals surface area contributed by atoms with Crippen molar-refractivity contribution in [3.8, 4) is 0 Å². The molecule has 1 atom stereocenters. The Morgan fingerprint density at radius 2 is 1.91 bits per heavy atom. The smallest absolute Gasteiger partial charge is 0.215 e. The fourth-order valence-electron chi connectivity index (χ4n) is 2.35. The van der Waals surface area contributed by atoms with Gasteiger partial charge in [-0.2, -0.15) is 0 Å². The summed E-state index contributed by atoms with van der Waals surface area (Å²) < 4.78 is 2.16. The number of nitrogens with one attached hydrogen (secondary N) is 1. The van der Waals surface area contributed by atoms with Crippen molar-refractivity contribution in [3.05, 3.63) is 45.9 Å². The number of aromatic nitrogens is 3. The number of hydrogen-bond acceptors (Lipinski definition) is 3. The predicted octanol–water partition coefficient (Wildman–Crippen LogP) is 4.00. The summed E-state index contributed by atoms with van der Waals surface area (Å²) in [6, 6.07) is 7.73. The molecule has 0 spiro atoms. The Hall–Kier alpha value is -1.17. The zero-order valence-electron chi connectivity index (χ0n) is 13.1. The fourth-order valence-corrected chi connectivity index (χ4v) is 2.64. The molecule has 0 aliphatic carbocycles. The SMILES string of the molecule is CC(C)(C)C(O)(CCc1ccc(Cl)cc1)Cn1[nH]cnc1=S. The topological polar surface area (TPSA) is 53.8 Å². The van der Waals surface area contributed by atoms with Crippen LogP contribution >= 0.6 is 23.8 Å². The highest BCUT2D eigenvalue weighted by Crippen LogP contribution is 2.35. The van der Waals surface area contributed by atoms with Crippen molar-refractivity contribution in [2.45, 2.75) is 45.8 Å². The lowest BCUT2D eigenvalue weighted by molar-refractivity contribution is -0.0798. The van der Waals surface area contributed by atoms with Crippen LogP contribution in [0.15, 0.2) is 30.6 Å². The molecule has 0 aliphatic heterocycles. The van der Waals surface area contributed by atoms with E-state index in [0.29, 0.717) is 17.7 Å². The minimum atomic E-state index is -0.905. The van der Waals surface area contributed by atoms with Crippen molar-refractivity contribution in [3.63, 3.8) is 0 Å². The summed E-state index contributed by atoms with van der Waals surface area (Å²) in [4.78, 5) is 4.01. The molecule has 22 heavy (non-hydrogen) atoms. The molecule has 1 aromatic heterocycles. The Bertz CT molecular complexity index is 672. The number of rotatable bonds is 5. The lowest BCUT2D eigenvalue weighted by Gasteiger charge is -2.40. The molecule has 0 bridgehead atoms. The van der Waals surface area contributed by atoms with Crippen LogP contribution in [0.5, 0.6) is 0 Å². The number of benzene rings is 1. The summed E-state index contributed by atoms with van der Waals surface area (Å²) >= 11 is 11.1. The molecule has 0 saturated carbocycles. The summed E-state index contributed by atoms with van der Waals surface area (Å²) in [6.45, 7) is 6.50. The van der Waals surface area contributed by atoms with Gasteiger partial charge in [0.1, 0.15) is 6.33 Å². The molecule has 1 heterocycles. The molecule has 6 heteroatoms. The lowest BCUT2D eigenvalue weighted by Crippen LogP contribution is -2.47. The Labute approximate surface area is 141 Å². The van der Waals surface area contributed by atoms with Gasteiger partial charge in [0.25, 0.3) is 0 Å². The van der Waals surface area contributed by atoms with Crippen LogP contribution in [0.1, 0.15) is 32.8 Å². The van der Waals surface area contributed by atoms with Crippen LogP contribution in [0.25, 0.3) is 0 Å². The number of nitrogens with zero attached hydrogens (tertiary/aromatic N) is 2. The summed E-state index contributed by atoms with van der Waals surface area (Å²) in [7, 11) is 0. The minimum absolute atomic E-state index is 0.292. The first-order valence-corrected chi connectivity index (χ1v) is 8.07. The zero-order chi connectivity index (χ0) is 16.4. The largest absolute Gasteiger partial charge is 0.387 e. The Morgan fingerprint density at radius 1 is 1.27 bits per heavy atom. The van der Waals surface area contributed by atoms with Gasteiger partial charge < -0.3 is 5.11 Å². The molecule has 0 fully saturated rings. The van der Waals surface area contributed by atoms with Crippen molar-refractivity contribution in [1.29, 1.82) is 0 Å². The van der Waals surface area contributed by atoms with Crippen molar-refractivity contribution >= 4 is 23.8 Å². The second-order valence-corrected chi connectivity index (χ2v) is 7.47. The van der Waals surface area contributed by atoms with Crippen LogP contribution in [-0.2, 0) is 13.0 Å². The third kappa shape index (κ3) is 3.97. The van der Waals surface area contributed by atoms with E-state index < -0.39 is 5.60 Å². The van der Waals surface area contributed by atoms with Crippen LogP contribution in [0, 0.1) is 10.2 Å². The van der Waals surface area contributed by atoms with E-state index in [1.165, 1.54) is 0 Å². The second kappa shape index (κ2) is 6.52. The first-order chi connectivity index (χ1) is 10.2. The van der Waals surface area contributed by atoms with E-state index in [-0.39, 0.29) is 5.41 Å². The Balaban J connectivity index is 2.17. The molecule has 2 aromatic rings. The monoisotopic (exact) mass is 339 g/mol. The summed E-state index contributed by atoms with van der Waals surface area (Å²) in [5.74, 6) is 0. The Kier molecular flexibility index (Phi) is 5.10. The summed E-state index contributed by atoms with van der Waals surface area (Å²) in [6.07, 6.45) is 2.94. The average molecular weight is 340 g/mol. The van der Waals surface area contributed by atoms with E-state index in [1.54, 1.807) is 11.0 Å². The number of halogens is 1. The van der Waals surface area contributed by atoms with E-state index >= 15 is 0 Å². The Morgan fingerprint density at radius 3 is 2.41 bits per heavy atom. The van der Waals surface area contributed by atoms with Crippen molar-refractivity contribution in [1.82, 2.24) is 14.8 Å². The van der Waals surface area contributed by atoms with E-state index in [9.17, 15) is 5.11 Å². The minimum Gasteiger partial charge on any atom is -0.387 e. The highest BCUT2D eigenvalue weighted by atomic mass is 35.5.